The van der Waals surface area contributed by atoms with E-state index >= 15 is 0 Å². The first-order valence-corrected chi connectivity index (χ1v) is 7.55. The molecule has 0 unspecified atom stereocenters. The van der Waals surface area contributed by atoms with Crippen LogP contribution in [-0.4, -0.2) is 6.29 Å². The molecule has 0 atom stereocenters. The lowest BCUT2D eigenvalue weighted by atomic mass is 9.89. The van der Waals surface area contributed by atoms with Crippen molar-refractivity contribution >= 4 is 6.29 Å². The molecule has 3 rings (SSSR count). The zero-order valence-corrected chi connectivity index (χ0v) is 13.7. The highest BCUT2D eigenvalue weighted by atomic mass is 19.2. The summed E-state index contributed by atoms with van der Waals surface area (Å²) in [5.41, 5.74) is -7.51. The highest BCUT2D eigenvalue weighted by Gasteiger charge is 2.34. The Morgan fingerprint density at radius 3 is 1.48 bits per heavy atom. The zero-order chi connectivity index (χ0) is 21.6. The Morgan fingerprint density at radius 2 is 0.966 bits per heavy atom. The third-order valence-electron chi connectivity index (χ3n) is 4.08. The van der Waals surface area contributed by atoms with E-state index in [-0.39, 0.29) is 0 Å². The van der Waals surface area contributed by atoms with E-state index < -0.39 is 86.5 Å². The Morgan fingerprint density at radius 1 is 0.517 bits per heavy atom. The largest absolute Gasteiger partial charge is 0.298 e. The number of hydrogen-bond donors (Lipinski definition) is 0. The summed E-state index contributed by atoms with van der Waals surface area (Å²) in [6, 6.07) is 3.59. The van der Waals surface area contributed by atoms with Gasteiger partial charge in [-0.05, 0) is 6.07 Å². The molecule has 10 heteroatoms. The first kappa shape index (κ1) is 20.4. The van der Waals surface area contributed by atoms with Gasteiger partial charge in [-0.1, -0.05) is 18.2 Å². The molecular weight excluding hydrogens is 415 g/mol. The fourth-order valence-electron chi connectivity index (χ4n) is 2.79. The second kappa shape index (κ2) is 7.26. The van der Waals surface area contributed by atoms with Crippen LogP contribution in [0.5, 0.6) is 0 Å². The first-order chi connectivity index (χ1) is 13.6. The van der Waals surface area contributed by atoms with Crippen LogP contribution in [0.3, 0.4) is 0 Å². The van der Waals surface area contributed by atoms with E-state index in [0.717, 1.165) is 18.2 Å². The monoisotopic (exact) mass is 420 g/mol. The van der Waals surface area contributed by atoms with Crippen molar-refractivity contribution in [3.05, 3.63) is 82.2 Å². The average Bonchev–Trinajstić information content (AvgIpc) is 2.71. The van der Waals surface area contributed by atoms with E-state index in [9.17, 15) is 44.3 Å². The molecule has 0 fully saturated rings. The summed E-state index contributed by atoms with van der Waals surface area (Å²) < 4.78 is 126. The van der Waals surface area contributed by atoms with Gasteiger partial charge in [0.25, 0.3) is 0 Å². The number of hydrogen-bond acceptors (Lipinski definition) is 1. The van der Waals surface area contributed by atoms with Gasteiger partial charge in [-0.2, -0.15) is 0 Å². The van der Waals surface area contributed by atoms with E-state index in [1.807, 2.05) is 0 Å². The minimum absolute atomic E-state index is 0.569. The Kier molecular flexibility index (Phi) is 5.12. The molecule has 29 heavy (non-hydrogen) atoms. The smallest absolute Gasteiger partial charge is 0.198 e. The molecule has 1 nitrogen and oxygen atoms in total. The summed E-state index contributed by atoms with van der Waals surface area (Å²) >= 11 is 0. The third kappa shape index (κ3) is 2.95. The predicted octanol–water partition coefficient (Wildman–Crippen LogP) is 6.09. The van der Waals surface area contributed by atoms with E-state index in [4.69, 9.17) is 0 Å². The highest BCUT2D eigenvalue weighted by molar-refractivity contribution is 5.94. The molecule has 0 aromatic heterocycles. The minimum atomic E-state index is -2.54. The van der Waals surface area contributed by atoms with Gasteiger partial charge in [0.2, 0.25) is 0 Å². The molecule has 150 valence electrons. The maximum atomic E-state index is 14.5. The molecule has 0 heterocycles. The van der Waals surface area contributed by atoms with Crippen molar-refractivity contribution < 1.29 is 44.3 Å². The molecule has 0 spiro atoms. The van der Waals surface area contributed by atoms with Gasteiger partial charge in [0.15, 0.2) is 52.8 Å². The van der Waals surface area contributed by atoms with Crippen LogP contribution in [0.25, 0.3) is 22.3 Å². The van der Waals surface area contributed by atoms with Crippen molar-refractivity contribution in [2.45, 2.75) is 0 Å². The van der Waals surface area contributed by atoms with Crippen LogP contribution in [0, 0.1) is 52.4 Å². The summed E-state index contributed by atoms with van der Waals surface area (Å²) in [6.45, 7) is 0. The van der Waals surface area contributed by atoms with Gasteiger partial charge in [-0.15, -0.1) is 0 Å². The molecular formula is C19H5F9O. The maximum Gasteiger partial charge on any atom is 0.198 e. The Hall–Kier alpha value is -3.30. The molecule has 0 amide bonds. The van der Waals surface area contributed by atoms with Gasteiger partial charge >= 0.3 is 0 Å². The van der Waals surface area contributed by atoms with Crippen LogP contribution in [-0.2, 0) is 0 Å². The van der Waals surface area contributed by atoms with Crippen molar-refractivity contribution in [2.24, 2.45) is 0 Å². The van der Waals surface area contributed by atoms with Crippen LogP contribution in [0.4, 0.5) is 39.5 Å². The van der Waals surface area contributed by atoms with E-state index in [0.29, 0.717) is 6.07 Å². The van der Waals surface area contributed by atoms with Crippen LogP contribution < -0.4 is 0 Å². The molecule has 0 N–H and O–H groups in total. The normalized spacial score (nSPS) is 11.1. The molecule has 0 aliphatic carbocycles. The van der Waals surface area contributed by atoms with Gasteiger partial charge in [0.05, 0.1) is 5.56 Å². The number of rotatable bonds is 3. The summed E-state index contributed by atoms with van der Waals surface area (Å²) in [6.07, 6.45) is -0.569. The molecule has 0 saturated heterocycles. The van der Waals surface area contributed by atoms with Crippen molar-refractivity contribution in [3.63, 3.8) is 0 Å². The number of benzene rings is 3. The Balaban J connectivity index is 2.64. The van der Waals surface area contributed by atoms with Gasteiger partial charge in [-0.3, -0.25) is 4.79 Å². The maximum absolute atomic E-state index is 14.5. The Bertz CT molecular complexity index is 1170. The topological polar surface area (TPSA) is 17.1 Å². The molecule has 0 aliphatic rings. The molecule has 3 aromatic carbocycles. The van der Waals surface area contributed by atoms with Gasteiger partial charge < -0.3 is 0 Å². The second-order valence-electron chi connectivity index (χ2n) is 5.65. The number of halogens is 9. The lowest BCUT2D eigenvalue weighted by Gasteiger charge is -2.17. The predicted molar refractivity (Wildman–Crippen MR) is 82.3 cm³/mol. The third-order valence-corrected chi connectivity index (χ3v) is 4.08. The van der Waals surface area contributed by atoms with E-state index in [1.165, 1.54) is 0 Å². The summed E-state index contributed by atoms with van der Waals surface area (Å²) in [4.78, 5) is 11.1. The van der Waals surface area contributed by atoms with Crippen molar-refractivity contribution in [2.75, 3.05) is 0 Å². The minimum Gasteiger partial charge on any atom is -0.298 e. The van der Waals surface area contributed by atoms with E-state index in [1.54, 1.807) is 0 Å². The number of aldehydes is 1. The first-order valence-electron chi connectivity index (χ1n) is 7.55. The van der Waals surface area contributed by atoms with E-state index in [2.05, 4.69) is 0 Å². The molecule has 0 saturated carbocycles. The second-order valence-corrected chi connectivity index (χ2v) is 5.65. The van der Waals surface area contributed by atoms with Crippen molar-refractivity contribution in [1.29, 1.82) is 0 Å². The lowest BCUT2D eigenvalue weighted by molar-refractivity contribution is 0.111. The molecule has 0 radical (unpaired) electrons. The standard InChI is InChI=1S/C19H5F9O/c20-8-4-2-1-3-6(8)9-11(15(24)19(28)18(27)13(9)22)10-7(5-29)12(21)16(25)17(26)14(10)23/h1-5H. The molecule has 0 aliphatic heterocycles. The Labute approximate surface area is 156 Å². The van der Waals surface area contributed by atoms with Crippen LogP contribution in [0.1, 0.15) is 10.4 Å². The lowest BCUT2D eigenvalue weighted by Crippen LogP contribution is -2.10. The molecule has 3 aromatic rings. The number of carbonyl (C=O) groups excluding carboxylic acids is 1. The summed E-state index contributed by atoms with van der Waals surface area (Å²) in [7, 11) is 0. The van der Waals surface area contributed by atoms with Gasteiger partial charge in [-0.25, -0.2) is 39.5 Å². The van der Waals surface area contributed by atoms with Crippen LogP contribution in [0.2, 0.25) is 0 Å². The summed E-state index contributed by atoms with van der Waals surface area (Å²) in [5.74, 6) is -20.6. The van der Waals surface area contributed by atoms with Gasteiger partial charge in [0.1, 0.15) is 5.82 Å². The van der Waals surface area contributed by atoms with Crippen molar-refractivity contribution in [3.8, 4) is 22.3 Å². The fourth-order valence-corrected chi connectivity index (χ4v) is 2.79. The summed E-state index contributed by atoms with van der Waals surface area (Å²) in [5, 5.41) is 0. The average molecular weight is 420 g/mol. The highest BCUT2D eigenvalue weighted by Crippen LogP contribution is 2.43. The quantitative estimate of drug-likeness (QED) is 0.217. The molecule has 0 bridgehead atoms. The van der Waals surface area contributed by atoms with Crippen LogP contribution >= 0.6 is 0 Å². The SMILES string of the molecule is O=Cc1c(F)c(F)c(F)c(F)c1-c1c(F)c(F)c(F)c(F)c1-c1ccccc1F. The fraction of sp³-hybridized carbons (Fsp3) is 0. The zero-order valence-electron chi connectivity index (χ0n) is 13.7. The van der Waals surface area contributed by atoms with Crippen LogP contribution in [0.15, 0.2) is 24.3 Å². The van der Waals surface area contributed by atoms with Gasteiger partial charge in [0, 0.05) is 22.3 Å². The number of carbonyl (C=O) groups is 1. The van der Waals surface area contributed by atoms with Crippen molar-refractivity contribution in [1.82, 2.24) is 0 Å².